The molecule has 34 heavy (non-hydrogen) atoms. The summed E-state index contributed by atoms with van der Waals surface area (Å²) in [7, 11) is 3.03. The van der Waals surface area contributed by atoms with Crippen molar-refractivity contribution in [2.75, 3.05) is 53.6 Å². The molecule has 180 valence electrons. The van der Waals surface area contributed by atoms with Crippen LogP contribution in [0.15, 0.2) is 48.3 Å². The van der Waals surface area contributed by atoms with E-state index in [1.54, 1.807) is 30.3 Å². The van der Waals surface area contributed by atoms with Gasteiger partial charge in [-0.15, -0.1) is 0 Å². The Bertz CT molecular complexity index is 1070. The van der Waals surface area contributed by atoms with Crippen LogP contribution in [0.3, 0.4) is 0 Å². The summed E-state index contributed by atoms with van der Waals surface area (Å²) in [6, 6.07) is 7.68. The van der Waals surface area contributed by atoms with Gasteiger partial charge in [-0.2, -0.15) is 0 Å². The number of methoxy groups -OCH3 is 2. The average Bonchev–Trinajstić information content (AvgIpc) is 3.13. The van der Waals surface area contributed by atoms with Crippen LogP contribution in [0, 0.1) is 0 Å². The molecule has 3 heterocycles. The molecule has 1 N–H and O–H groups in total. The van der Waals surface area contributed by atoms with Crippen molar-refractivity contribution in [3.8, 4) is 11.5 Å². The second kappa shape index (κ2) is 10.7. The van der Waals surface area contributed by atoms with Gasteiger partial charge >= 0.3 is 0 Å². The summed E-state index contributed by atoms with van der Waals surface area (Å²) in [5.74, 6) is -0.729. The molecule has 4 rings (SSSR count). The van der Waals surface area contributed by atoms with Crippen LogP contribution in [-0.2, 0) is 14.3 Å². The Morgan fingerprint density at radius 3 is 2.50 bits per heavy atom. The first kappa shape index (κ1) is 23.7. The number of hydrogen-bond donors (Lipinski definition) is 1. The van der Waals surface area contributed by atoms with Crippen LogP contribution >= 0.6 is 0 Å². The molecule has 2 aromatic rings. The second-order valence-corrected chi connectivity index (χ2v) is 8.12. The fraction of sp³-hybridized carbons (Fsp3) is 0.400. The lowest BCUT2D eigenvalue weighted by Crippen LogP contribution is -2.39. The molecule has 9 heteroatoms. The number of nitrogens with zero attached hydrogens (tertiary/aromatic N) is 3. The van der Waals surface area contributed by atoms with E-state index in [4.69, 9.17) is 14.2 Å². The molecular weight excluding hydrogens is 438 g/mol. The number of aliphatic hydroxyl groups is 1. The third kappa shape index (κ3) is 4.62. The molecule has 9 nitrogen and oxygen atoms in total. The molecule has 2 saturated heterocycles. The van der Waals surface area contributed by atoms with Gasteiger partial charge in [0.1, 0.15) is 5.76 Å². The average molecular weight is 468 g/mol. The number of rotatable bonds is 8. The van der Waals surface area contributed by atoms with E-state index in [0.29, 0.717) is 48.8 Å². The standard InChI is InChI=1S/C25H29N3O6/c1-32-19-6-3-5-18(24(19)33-2)21-20(22(29)17-7-9-26-10-8-17)23(30)25(31)28(21)12-4-11-27-13-15-34-16-14-27/h3,5-10,21,29H,4,11-16H2,1-2H3/b22-20+/t21-/m0/s1. The first-order chi connectivity index (χ1) is 16.6. The van der Waals surface area contributed by atoms with Crippen molar-refractivity contribution in [3.63, 3.8) is 0 Å². The van der Waals surface area contributed by atoms with Gasteiger partial charge in [-0.3, -0.25) is 19.5 Å². The largest absolute Gasteiger partial charge is 0.507 e. The number of amides is 1. The number of aromatic nitrogens is 1. The predicted octanol–water partition coefficient (Wildman–Crippen LogP) is 2.24. The molecule has 0 saturated carbocycles. The van der Waals surface area contributed by atoms with Gasteiger partial charge in [-0.05, 0) is 24.6 Å². The number of ether oxygens (including phenoxy) is 3. The van der Waals surface area contributed by atoms with Gasteiger partial charge in [0, 0.05) is 49.7 Å². The lowest BCUT2D eigenvalue weighted by Gasteiger charge is -2.29. The van der Waals surface area contributed by atoms with Gasteiger partial charge in [0.25, 0.3) is 11.7 Å². The van der Waals surface area contributed by atoms with E-state index in [-0.39, 0.29) is 11.3 Å². The number of morpholine rings is 1. The summed E-state index contributed by atoms with van der Waals surface area (Å²) in [5, 5.41) is 11.1. The van der Waals surface area contributed by atoms with Gasteiger partial charge in [-0.1, -0.05) is 12.1 Å². The second-order valence-electron chi connectivity index (χ2n) is 8.12. The molecule has 0 radical (unpaired) electrons. The molecular formula is C25H29N3O6. The minimum Gasteiger partial charge on any atom is -0.507 e. The number of benzene rings is 1. The lowest BCUT2D eigenvalue weighted by atomic mass is 9.94. The van der Waals surface area contributed by atoms with Crippen LogP contribution in [0.5, 0.6) is 11.5 Å². The maximum Gasteiger partial charge on any atom is 0.295 e. The van der Waals surface area contributed by atoms with Crippen LogP contribution in [-0.4, -0.2) is 85.2 Å². The number of ketones is 1. The van der Waals surface area contributed by atoms with Crippen molar-refractivity contribution < 1.29 is 28.9 Å². The van der Waals surface area contributed by atoms with E-state index >= 15 is 0 Å². The number of likely N-dealkylation sites (tertiary alicyclic amines) is 1. The molecule has 0 spiro atoms. The van der Waals surface area contributed by atoms with Crippen molar-refractivity contribution in [3.05, 3.63) is 59.4 Å². The molecule has 1 atom stereocenters. The Kier molecular flexibility index (Phi) is 7.44. The summed E-state index contributed by atoms with van der Waals surface area (Å²) in [6.07, 6.45) is 3.72. The van der Waals surface area contributed by atoms with Crippen molar-refractivity contribution in [1.29, 1.82) is 0 Å². The normalized spacial score (nSPS) is 20.5. The zero-order valence-corrected chi connectivity index (χ0v) is 19.4. The van der Waals surface area contributed by atoms with Gasteiger partial charge in [0.05, 0.1) is 39.0 Å². The summed E-state index contributed by atoms with van der Waals surface area (Å²) >= 11 is 0. The van der Waals surface area contributed by atoms with E-state index in [0.717, 1.165) is 19.6 Å². The summed E-state index contributed by atoms with van der Waals surface area (Å²) in [4.78, 5) is 34.2. The van der Waals surface area contributed by atoms with E-state index < -0.39 is 17.7 Å². The van der Waals surface area contributed by atoms with Crippen molar-refractivity contribution in [2.24, 2.45) is 0 Å². The van der Waals surface area contributed by atoms with E-state index in [1.807, 2.05) is 0 Å². The summed E-state index contributed by atoms with van der Waals surface area (Å²) in [5.41, 5.74) is 1.00. The number of pyridine rings is 1. The zero-order valence-electron chi connectivity index (χ0n) is 19.4. The molecule has 1 aromatic heterocycles. The van der Waals surface area contributed by atoms with E-state index in [9.17, 15) is 14.7 Å². The molecule has 0 bridgehead atoms. The Morgan fingerprint density at radius 1 is 1.09 bits per heavy atom. The van der Waals surface area contributed by atoms with Crippen LogP contribution in [0.1, 0.15) is 23.6 Å². The molecule has 2 aliphatic rings. The molecule has 1 aromatic carbocycles. The van der Waals surface area contributed by atoms with Crippen LogP contribution in [0.2, 0.25) is 0 Å². The first-order valence-corrected chi connectivity index (χ1v) is 11.3. The Hall–Kier alpha value is -3.43. The summed E-state index contributed by atoms with van der Waals surface area (Å²) in [6.45, 7) is 4.19. The van der Waals surface area contributed by atoms with Gasteiger partial charge < -0.3 is 24.2 Å². The van der Waals surface area contributed by atoms with Crippen molar-refractivity contribution in [1.82, 2.24) is 14.8 Å². The van der Waals surface area contributed by atoms with Crippen LogP contribution in [0.25, 0.3) is 5.76 Å². The minimum atomic E-state index is -0.817. The molecule has 2 aliphatic heterocycles. The first-order valence-electron chi connectivity index (χ1n) is 11.3. The maximum atomic E-state index is 13.2. The van der Waals surface area contributed by atoms with Crippen LogP contribution < -0.4 is 9.47 Å². The number of hydrogen-bond acceptors (Lipinski definition) is 8. The number of carbonyl (C=O) groups is 2. The molecule has 0 aliphatic carbocycles. The van der Waals surface area contributed by atoms with Crippen molar-refractivity contribution in [2.45, 2.75) is 12.5 Å². The molecule has 0 unspecified atom stereocenters. The highest BCUT2D eigenvalue weighted by atomic mass is 16.5. The molecule has 1 amide bonds. The SMILES string of the molecule is COc1cccc([C@H]2/C(=C(\O)c3ccncc3)C(=O)C(=O)N2CCCN2CCOCC2)c1OC. The smallest absolute Gasteiger partial charge is 0.295 e. The third-order valence-electron chi connectivity index (χ3n) is 6.20. The maximum absolute atomic E-state index is 13.2. The number of aliphatic hydroxyl groups excluding tert-OH is 1. The number of para-hydroxylation sites is 1. The zero-order chi connectivity index (χ0) is 24.1. The van der Waals surface area contributed by atoms with Crippen molar-refractivity contribution >= 4 is 17.4 Å². The number of Topliss-reactive ketones (excluding diaryl/α,β-unsaturated/α-hetero) is 1. The lowest BCUT2D eigenvalue weighted by molar-refractivity contribution is -0.140. The highest BCUT2D eigenvalue weighted by molar-refractivity contribution is 6.46. The Morgan fingerprint density at radius 2 is 1.82 bits per heavy atom. The monoisotopic (exact) mass is 467 g/mol. The highest BCUT2D eigenvalue weighted by Crippen LogP contribution is 2.45. The fourth-order valence-electron chi connectivity index (χ4n) is 4.52. The van der Waals surface area contributed by atoms with Gasteiger partial charge in [0.2, 0.25) is 0 Å². The minimum absolute atomic E-state index is 0.0223. The topological polar surface area (TPSA) is 101 Å². The highest BCUT2D eigenvalue weighted by Gasteiger charge is 2.47. The Labute approximate surface area is 198 Å². The van der Waals surface area contributed by atoms with E-state index in [1.165, 1.54) is 31.5 Å². The Balaban J connectivity index is 1.74. The summed E-state index contributed by atoms with van der Waals surface area (Å²) < 4.78 is 16.5. The van der Waals surface area contributed by atoms with Gasteiger partial charge in [0.15, 0.2) is 11.5 Å². The van der Waals surface area contributed by atoms with Gasteiger partial charge in [-0.25, -0.2) is 0 Å². The van der Waals surface area contributed by atoms with Crippen LogP contribution in [0.4, 0.5) is 0 Å². The van der Waals surface area contributed by atoms with E-state index in [2.05, 4.69) is 9.88 Å². The quantitative estimate of drug-likeness (QED) is 0.358. The predicted molar refractivity (Wildman–Crippen MR) is 125 cm³/mol. The number of carbonyl (C=O) groups excluding carboxylic acids is 2. The third-order valence-corrected chi connectivity index (χ3v) is 6.20. The fourth-order valence-corrected chi connectivity index (χ4v) is 4.52. The molecule has 2 fully saturated rings.